The maximum Gasteiger partial charge on any atom is 0.271 e. The van der Waals surface area contributed by atoms with Crippen LogP contribution in [0.1, 0.15) is 5.69 Å². The van der Waals surface area contributed by atoms with E-state index in [1.807, 2.05) is 0 Å². The minimum atomic E-state index is -0.474. The van der Waals surface area contributed by atoms with Gasteiger partial charge in [0.25, 0.3) is 5.69 Å². The van der Waals surface area contributed by atoms with Crippen LogP contribution in [-0.4, -0.2) is 9.91 Å². The van der Waals surface area contributed by atoms with Gasteiger partial charge in [-0.2, -0.15) is 0 Å². The molecule has 8 heteroatoms. The highest BCUT2D eigenvalue weighted by molar-refractivity contribution is 9.11. The maximum absolute atomic E-state index is 10.7. The van der Waals surface area contributed by atoms with Crippen molar-refractivity contribution in [2.24, 2.45) is 0 Å². The number of benzene rings is 1. The number of halogens is 3. The van der Waals surface area contributed by atoms with Crippen molar-refractivity contribution in [1.29, 1.82) is 0 Å². The summed E-state index contributed by atoms with van der Waals surface area (Å²) >= 11 is 12.4. The zero-order chi connectivity index (χ0) is 14.7. The minimum Gasteiger partial charge on any atom is -0.485 e. The third kappa shape index (κ3) is 3.68. The third-order valence-corrected chi connectivity index (χ3v) is 3.75. The van der Waals surface area contributed by atoms with Crippen molar-refractivity contribution in [1.82, 2.24) is 4.98 Å². The van der Waals surface area contributed by atoms with Crippen LogP contribution < -0.4 is 4.74 Å². The molecule has 0 unspecified atom stereocenters. The molecule has 0 saturated heterocycles. The fourth-order valence-corrected chi connectivity index (χ4v) is 3.04. The molecule has 2 rings (SSSR count). The molecular weight excluding hydrogens is 415 g/mol. The monoisotopic (exact) mass is 420 g/mol. The number of nitrogens with zero attached hydrogens (tertiary/aromatic N) is 2. The van der Waals surface area contributed by atoms with Crippen LogP contribution >= 0.6 is 43.5 Å². The van der Waals surface area contributed by atoms with Crippen LogP contribution in [0.5, 0.6) is 5.75 Å². The van der Waals surface area contributed by atoms with Gasteiger partial charge in [-0.25, -0.2) is 0 Å². The molecule has 0 fully saturated rings. The van der Waals surface area contributed by atoms with E-state index >= 15 is 0 Å². The zero-order valence-electron chi connectivity index (χ0n) is 9.85. The number of aromatic nitrogens is 1. The second-order valence-corrected chi connectivity index (χ2v) is 5.89. The van der Waals surface area contributed by atoms with E-state index in [1.54, 1.807) is 18.3 Å². The Hall–Kier alpha value is -1.18. The van der Waals surface area contributed by atoms with E-state index in [0.29, 0.717) is 25.4 Å². The molecule has 0 N–H and O–H groups in total. The number of nitro groups is 1. The second kappa shape index (κ2) is 6.51. The van der Waals surface area contributed by atoms with Crippen LogP contribution in [-0.2, 0) is 6.61 Å². The van der Waals surface area contributed by atoms with Crippen molar-refractivity contribution in [3.63, 3.8) is 0 Å². The molecule has 1 aromatic carbocycles. The Labute approximate surface area is 136 Å². The summed E-state index contributed by atoms with van der Waals surface area (Å²) < 4.78 is 6.58. The Kier molecular flexibility index (Phi) is 4.95. The topological polar surface area (TPSA) is 65.3 Å². The average Bonchev–Trinajstić information content (AvgIpc) is 2.37. The SMILES string of the molecule is O=[N+]([O-])c1cc(Br)c(OCc2cc(Cl)ccn2)c(Br)c1. The molecule has 104 valence electrons. The quantitative estimate of drug-likeness (QED) is 0.527. The summed E-state index contributed by atoms with van der Waals surface area (Å²) in [7, 11) is 0. The predicted molar refractivity (Wildman–Crippen MR) is 82.1 cm³/mol. The summed E-state index contributed by atoms with van der Waals surface area (Å²) in [4.78, 5) is 14.4. The molecule has 0 aliphatic carbocycles. The maximum atomic E-state index is 10.7. The fraction of sp³-hybridized carbons (Fsp3) is 0.0833. The highest BCUT2D eigenvalue weighted by Gasteiger charge is 2.15. The van der Waals surface area contributed by atoms with Crippen LogP contribution in [0, 0.1) is 10.1 Å². The van der Waals surface area contributed by atoms with Crippen LogP contribution in [0.2, 0.25) is 5.02 Å². The number of rotatable bonds is 4. The largest absolute Gasteiger partial charge is 0.485 e. The second-order valence-electron chi connectivity index (χ2n) is 3.75. The van der Waals surface area contributed by atoms with Crippen LogP contribution in [0.25, 0.3) is 0 Å². The summed E-state index contributed by atoms with van der Waals surface area (Å²) in [5.41, 5.74) is 0.631. The first-order valence-corrected chi connectivity index (χ1v) is 7.30. The van der Waals surface area contributed by atoms with Gasteiger partial charge >= 0.3 is 0 Å². The van der Waals surface area contributed by atoms with Crippen molar-refractivity contribution in [2.75, 3.05) is 0 Å². The van der Waals surface area contributed by atoms with E-state index < -0.39 is 4.92 Å². The van der Waals surface area contributed by atoms with E-state index in [2.05, 4.69) is 36.8 Å². The van der Waals surface area contributed by atoms with Crippen LogP contribution in [0.15, 0.2) is 39.4 Å². The van der Waals surface area contributed by atoms with Gasteiger partial charge in [0.05, 0.1) is 19.6 Å². The lowest BCUT2D eigenvalue weighted by Gasteiger charge is -2.10. The van der Waals surface area contributed by atoms with Gasteiger partial charge in [0.1, 0.15) is 12.4 Å². The third-order valence-electron chi connectivity index (χ3n) is 2.34. The Morgan fingerprint density at radius 2 is 1.95 bits per heavy atom. The van der Waals surface area contributed by atoms with E-state index in [0.717, 1.165) is 0 Å². The lowest BCUT2D eigenvalue weighted by molar-refractivity contribution is -0.385. The highest BCUT2D eigenvalue weighted by atomic mass is 79.9. The molecule has 20 heavy (non-hydrogen) atoms. The summed E-state index contributed by atoms with van der Waals surface area (Å²) in [5, 5.41) is 11.3. The predicted octanol–water partition coefficient (Wildman–Crippen LogP) is 4.75. The minimum absolute atomic E-state index is 0.0306. The number of hydrogen-bond donors (Lipinski definition) is 0. The highest BCUT2D eigenvalue weighted by Crippen LogP contribution is 2.37. The molecule has 0 saturated carbocycles. The molecule has 0 aliphatic heterocycles. The number of hydrogen-bond acceptors (Lipinski definition) is 4. The first-order chi connectivity index (χ1) is 9.47. The number of ether oxygens (including phenoxy) is 1. The Morgan fingerprint density at radius 3 is 2.50 bits per heavy atom. The van der Waals surface area contributed by atoms with E-state index in [1.165, 1.54) is 12.1 Å². The molecule has 0 aliphatic rings. The van der Waals surface area contributed by atoms with Gasteiger partial charge in [-0.3, -0.25) is 15.1 Å². The molecule has 1 aromatic heterocycles. The Morgan fingerprint density at radius 1 is 1.30 bits per heavy atom. The normalized spacial score (nSPS) is 10.3. The first-order valence-electron chi connectivity index (χ1n) is 5.34. The number of non-ortho nitro benzene ring substituents is 1. The molecule has 5 nitrogen and oxygen atoms in total. The van der Waals surface area contributed by atoms with E-state index in [4.69, 9.17) is 16.3 Å². The number of nitro benzene ring substituents is 1. The Balaban J connectivity index is 2.20. The van der Waals surface area contributed by atoms with Crippen molar-refractivity contribution < 1.29 is 9.66 Å². The first kappa shape index (κ1) is 15.2. The van der Waals surface area contributed by atoms with Gasteiger partial charge in [0.2, 0.25) is 0 Å². The molecule has 0 spiro atoms. The lowest BCUT2D eigenvalue weighted by atomic mass is 10.3. The molecular formula is C12H7Br2ClN2O3. The molecule has 1 heterocycles. The van der Waals surface area contributed by atoms with E-state index in [9.17, 15) is 10.1 Å². The van der Waals surface area contributed by atoms with Crippen LogP contribution in [0.3, 0.4) is 0 Å². The van der Waals surface area contributed by atoms with Gasteiger partial charge in [0, 0.05) is 23.4 Å². The van der Waals surface area contributed by atoms with Crippen molar-refractivity contribution in [2.45, 2.75) is 6.61 Å². The number of pyridine rings is 1. The average molecular weight is 422 g/mol. The summed E-state index contributed by atoms with van der Waals surface area (Å²) in [6.45, 7) is 0.204. The van der Waals surface area contributed by atoms with Crippen LogP contribution in [0.4, 0.5) is 5.69 Å². The smallest absolute Gasteiger partial charge is 0.271 e. The zero-order valence-corrected chi connectivity index (χ0v) is 13.8. The van der Waals surface area contributed by atoms with Crippen molar-refractivity contribution in [3.05, 3.63) is 60.2 Å². The van der Waals surface area contributed by atoms with Gasteiger partial charge in [0.15, 0.2) is 0 Å². The van der Waals surface area contributed by atoms with Gasteiger partial charge in [-0.1, -0.05) is 11.6 Å². The Bertz CT molecular complexity index is 644. The van der Waals surface area contributed by atoms with Gasteiger partial charge < -0.3 is 4.74 Å². The lowest BCUT2D eigenvalue weighted by Crippen LogP contribution is -2.00. The van der Waals surface area contributed by atoms with Gasteiger partial charge in [-0.15, -0.1) is 0 Å². The van der Waals surface area contributed by atoms with Crippen molar-refractivity contribution >= 4 is 49.1 Å². The summed E-state index contributed by atoms with van der Waals surface area (Å²) in [5.74, 6) is 0.470. The summed E-state index contributed by atoms with van der Waals surface area (Å²) in [6, 6.07) is 6.12. The van der Waals surface area contributed by atoms with Crippen molar-refractivity contribution in [3.8, 4) is 5.75 Å². The van der Waals surface area contributed by atoms with E-state index in [-0.39, 0.29) is 12.3 Å². The molecule has 2 aromatic rings. The summed E-state index contributed by atoms with van der Waals surface area (Å²) in [6.07, 6.45) is 1.58. The molecule has 0 radical (unpaired) electrons. The molecule has 0 amide bonds. The standard InChI is InChI=1S/C12H7Br2ClN2O3/c13-10-4-9(17(18)19)5-11(14)12(10)20-6-8-3-7(15)1-2-16-8/h1-5H,6H2. The molecule has 0 atom stereocenters. The fourth-order valence-electron chi connectivity index (χ4n) is 1.46. The van der Waals surface area contributed by atoms with Gasteiger partial charge in [-0.05, 0) is 44.0 Å². The molecule has 0 bridgehead atoms.